The first kappa shape index (κ1) is 19.9. The van der Waals surface area contributed by atoms with Crippen LogP contribution in [0.5, 0.6) is 0 Å². The van der Waals surface area contributed by atoms with Gasteiger partial charge in [0.25, 0.3) is 5.91 Å². The summed E-state index contributed by atoms with van der Waals surface area (Å²) in [5.74, 6) is -1.67. The minimum atomic E-state index is -0.792. The van der Waals surface area contributed by atoms with Crippen LogP contribution in [0.3, 0.4) is 0 Å². The molecule has 0 radical (unpaired) electrons. The van der Waals surface area contributed by atoms with Gasteiger partial charge in [0.15, 0.2) is 16.7 Å². The highest BCUT2D eigenvalue weighted by molar-refractivity contribution is 7.22. The van der Waals surface area contributed by atoms with Crippen LogP contribution in [0, 0.1) is 6.92 Å². The van der Waals surface area contributed by atoms with Gasteiger partial charge in [0.1, 0.15) is 11.6 Å². The topological polar surface area (TPSA) is 83.6 Å². The van der Waals surface area contributed by atoms with E-state index in [-0.39, 0.29) is 11.3 Å². The van der Waals surface area contributed by atoms with Crippen molar-refractivity contribution in [1.29, 1.82) is 0 Å². The fraction of sp³-hybridized carbons (Fsp3) is 0.0800. The number of carbonyl (C=O) groups excluding carboxylic acids is 2. The van der Waals surface area contributed by atoms with Crippen LogP contribution in [-0.4, -0.2) is 21.8 Å². The molecule has 0 fully saturated rings. The number of hydrogen-bond acceptors (Lipinski definition) is 7. The molecule has 0 saturated carbocycles. The third kappa shape index (κ3) is 3.10. The van der Waals surface area contributed by atoms with Gasteiger partial charge in [-0.15, -0.1) is 11.3 Å². The second-order valence-electron chi connectivity index (χ2n) is 7.80. The molecule has 5 aromatic rings. The summed E-state index contributed by atoms with van der Waals surface area (Å²) in [5, 5.41) is 14.0. The van der Waals surface area contributed by atoms with Gasteiger partial charge in [-0.05, 0) is 48.2 Å². The molecule has 1 atom stereocenters. The Morgan fingerprint density at radius 3 is 2.76 bits per heavy atom. The lowest BCUT2D eigenvalue weighted by Crippen LogP contribution is -2.30. The van der Waals surface area contributed by atoms with Gasteiger partial charge in [-0.1, -0.05) is 41.7 Å². The monoisotopic (exact) mass is 472 g/mol. The van der Waals surface area contributed by atoms with Crippen molar-refractivity contribution in [2.45, 2.75) is 13.0 Å². The lowest BCUT2D eigenvalue weighted by Gasteiger charge is -2.22. The molecule has 0 aliphatic carbocycles. The summed E-state index contributed by atoms with van der Waals surface area (Å²) in [6, 6.07) is 17.7. The van der Waals surface area contributed by atoms with Gasteiger partial charge in [0, 0.05) is 10.3 Å². The van der Waals surface area contributed by atoms with Crippen molar-refractivity contribution in [3.63, 3.8) is 0 Å². The highest BCUT2D eigenvalue weighted by Crippen LogP contribution is 2.45. The maximum Gasteiger partial charge on any atom is 0.296 e. The first-order valence-electron chi connectivity index (χ1n) is 10.2. The maximum absolute atomic E-state index is 13.6. The summed E-state index contributed by atoms with van der Waals surface area (Å²) in [4.78, 5) is 33.7. The molecule has 6 rings (SSSR count). The minimum absolute atomic E-state index is 0.00283. The van der Waals surface area contributed by atoms with E-state index >= 15 is 0 Å². The second-order valence-corrected chi connectivity index (χ2v) is 9.79. The van der Waals surface area contributed by atoms with E-state index in [4.69, 9.17) is 4.42 Å². The van der Waals surface area contributed by atoms with E-state index in [1.165, 1.54) is 27.6 Å². The van der Waals surface area contributed by atoms with E-state index in [2.05, 4.69) is 4.98 Å². The Morgan fingerprint density at radius 2 is 1.97 bits per heavy atom. The van der Waals surface area contributed by atoms with Gasteiger partial charge in [-0.3, -0.25) is 14.5 Å². The van der Waals surface area contributed by atoms with Crippen molar-refractivity contribution in [2.75, 3.05) is 4.90 Å². The fourth-order valence-electron chi connectivity index (χ4n) is 4.10. The normalized spacial score (nSPS) is 16.5. The number of para-hydroxylation sites is 1. The summed E-state index contributed by atoms with van der Waals surface area (Å²) < 4.78 is 6.69. The van der Waals surface area contributed by atoms with Gasteiger partial charge in [-0.25, -0.2) is 4.98 Å². The van der Waals surface area contributed by atoms with E-state index in [0.29, 0.717) is 10.7 Å². The highest BCUT2D eigenvalue weighted by Gasteiger charge is 2.47. The number of aryl methyl sites for hydroxylation is 1. The average Bonchev–Trinajstić information content (AvgIpc) is 3.59. The number of rotatable bonds is 4. The van der Waals surface area contributed by atoms with Crippen LogP contribution >= 0.6 is 22.7 Å². The molecule has 1 aliphatic heterocycles. The summed E-state index contributed by atoms with van der Waals surface area (Å²) in [6.07, 6.45) is 0. The molecule has 3 aromatic heterocycles. The number of furan rings is 1. The minimum Gasteiger partial charge on any atom is -0.503 e. The Balaban J connectivity index is 1.49. The van der Waals surface area contributed by atoms with Crippen molar-refractivity contribution in [3.05, 3.63) is 93.6 Å². The van der Waals surface area contributed by atoms with Crippen molar-refractivity contribution in [2.24, 2.45) is 0 Å². The van der Waals surface area contributed by atoms with Gasteiger partial charge in [-0.2, -0.15) is 0 Å². The number of carbonyl (C=O) groups is 2. The number of anilines is 1. The first-order valence-corrected chi connectivity index (χ1v) is 11.9. The Bertz CT molecular complexity index is 1560. The Morgan fingerprint density at radius 1 is 1.12 bits per heavy atom. The number of thiophene rings is 1. The molecule has 0 spiro atoms. The predicted molar refractivity (Wildman–Crippen MR) is 129 cm³/mol. The molecule has 0 unspecified atom stereocenters. The lowest BCUT2D eigenvalue weighted by atomic mass is 10.0. The summed E-state index contributed by atoms with van der Waals surface area (Å²) in [5.41, 5.74) is 2.41. The van der Waals surface area contributed by atoms with Crippen LogP contribution in [0.4, 0.5) is 5.13 Å². The Labute approximate surface area is 196 Å². The maximum atomic E-state index is 13.6. The molecule has 4 heterocycles. The van der Waals surface area contributed by atoms with Crippen molar-refractivity contribution < 1.29 is 19.1 Å². The van der Waals surface area contributed by atoms with Crippen LogP contribution in [0.25, 0.3) is 21.2 Å². The number of ketones is 1. The zero-order chi connectivity index (χ0) is 22.7. The van der Waals surface area contributed by atoms with E-state index < -0.39 is 23.5 Å². The van der Waals surface area contributed by atoms with Gasteiger partial charge in [0.2, 0.25) is 5.78 Å². The Hall–Kier alpha value is -3.75. The highest BCUT2D eigenvalue weighted by atomic mass is 32.1. The smallest absolute Gasteiger partial charge is 0.296 e. The van der Waals surface area contributed by atoms with Crippen LogP contribution in [0.1, 0.15) is 27.0 Å². The zero-order valence-electron chi connectivity index (χ0n) is 17.3. The van der Waals surface area contributed by atoms with Crippen molar-refractivity contribution in [3.8, 4) is 0 Å². The molecule has 0 saturated heterocycles. The number of amides is 1. The molecule has 6 nitrogen and oxygen atoms in total. The SMILES string of the molecule is Cc1ccc2nc(N3C(=O)C(O)=C(C(=O)c4cc5ccccc5o4)[C@H]3c3cccs3)sc2c1. The number of aliphatic hydroxyl groups is 1. The van der Waals surface area contributed by atoms with Gasteiger partial charge >= 0.3 is 0 Å². The number of fused-ring (bicyclic) bond motifs is 2. The van der Waals surface area contributed by atoms with Crippen LogP contribution in [-0.2, 0) is 4.79 Å². The molecule has 162 valence electrons. The number of nitrogens with zero attached hydrogens (tertiary/aromatic N) is 2. The molecule has 33 heavy (non-hydrogen) atoms. The fourth-order valence-corrected chi connectivity index (χ4v) is 6.01. The quantitative estimate of drug-likeness (QED) is 0.315. The van der Waals surface area contributed by atoms with Gasteiger partial charge < -0.3 is 9.52 Å². The molecule has 2 aromatic carbocycles. The third-order valence-corrected chi connectivity index (χ3v) is 7.60. The molecule has 8 heteroatoms. The Kier molecular flexibility index (Phi) is 4.46. The molecular formula is C25H16N2O4S2. The first-order chi connectivity index (χ1) is 16.0. The van der Waals surface area contributed by atoms with Crippen LogP contribution in [0.15, 0.2) is 81.8 Å². The zero-order valence-corrected chi connectivity index (χ0v) is 18.9. The molecule has 1 aliphatic rings. The molecule has 1 N–H and O–H groups in total. The van der Waals surface area contributed by atoms with Crippen molar-refractivity contribution in [1.82, 2.24) is 4.98 Å². The second kappa shape index (κ2) is 7.40. The summed E-state index contributed by atoms with van der Waals surface area (Å²) >= 11 is 2.76. The van der Waals surface area contributed by atoms with Crippen LogP contribution < -0.4 is 4.90 Å². The third-order valence-electron chi connectivity index (χ3n) is 5.65. The van der Waals surface area contributed by atoms with E-state index in [9.17, 15) is 14.7 Å². The van der Waals surface area contributed by atoms with E-state index in [0.717, 1.165) is 26.0 Å². The van der Waals surface area contributed by atoms with Crippen molar-refractivity contribution >= 4 is 60.7 Å². The standard InChI is InChI=1S/C25H16N2O4S2/c1-13-8-9-15-19(11-13)33-25(26-15)27-21(18-7-4-10-32-18)20(23(29)24(27)30)22(28)17-12-14-5-2-3-6-16(14)31-17/h2-12,21,29H,1H3/t21-/m1/s1. The summed E-state index contributed by atoms with van der Waals surface area (Å²) in [6.45, 7) is 1.99. The summed E-state index contributed by atoms with van der Waals surface area (Å²) in [7, 11) is 0. The number of hydrogen-bond donors (Lipinski definition) is 1. The van der Waals surface area contributed by atoms with Gasteiger partial charge in [0.05, 0.1) is 15.8 Å². The number of aromatic nitrogens is 1. The largest absolute Gasteiger partial charge is 0.503 e. The van der Waals surface area contributed by atoms with E-state index in [1.54, 1.807) is 12.1 Å². The molecule has 1 amide bonds. The number of Topliss-reactive ketones (excluding diaryl/α,β-unsaturated/α-hetero) is 1. The predicted octanol–water partition coefficient (Wildman–Crippen LogP) is 6.20. The van der Waals surface area contributed by atoms with Crippen LogP contribution in [0.2, 0.25) is 0 Å². The molecular weight excluding hydrogens is 456 g/mol. The number of aliphatic hydroxyl groups excluding tert-OH is 1. The molecule has 0 bridgehead atoms. The van der Waals surface area contributed by atoms with E-state index in [1.807, 2.05) is 60.8 Å². The average molecular weight is 473 g/mol. The number of benzene rings is 2. The lowest BCUT2D eigenvalue weighted by molar-refractivity contribution is -0.117. The number of thiazole rings is 1.